The summed E-state index contributed by atoms with van der Waals surface area (Å²) in [6, 6.07) is 5.29. The summed E-state index contributed by atoms with van der Waals surface area (Å²) < 4.78 is 11.3. The van der Waals surface area contributed by atoms with Gasteiger partial charge in [0.25, 0.3) is 0 Å². The van der Waals surface area contributed by atoms with Gasteiger partial charge in [-0.2, -0.15) is 0 Å². The monoisotopic (exact) mass is 353 g/mol. The highest BCUT2D eigenvalue weighted by molar-refractivity contribution is 5.94. The van der Waals surface area contributed by atoms with Crippen LogP contribution in [0, 0.1) is 0 Å². The van der Waals surface area contributed by atoms with Gasteiger partial charge in [0, 0.05) is 25.0 Å². The van der Waals surface area contributed by atoms with E-state index in [9.17, 15) is 4.79 Å². The third-order valence-corrected chi connectivity index (χ3v) is 4.14. The van der Waals surface area contributed by atoms with Crippen molar-refractivity contribution >= 4 is 22.7 Å². The van der Waals surface area contributed by atoms with E-state index in [1.54, 1.807) is 13.3 Å². The van der Waals surface area contributed by atoms with Crippen molar-refractivity contribution in [3.8, 4) is 5.75 Å². The second-order valence-electron chi connectivity index (χ2n) is 5.76. The van der Waals surface area contributed by atoms with Crippen molar-refractivity contribution in [1.29, 1.82) is 0 Å². The lowest BCUT2D eigenvalue weighted by molar-refractivity contribution is -0.00000862. The summed E-state index contributed by atoms with van der Waals surface area (Å²) in [5.74, 6) is 0.632. The lowest BCUT2D eigenvalue weighted by Crippen LogP contribution is -3.00. The van der Waals surface area contributed by atoms with Crippen molar-refractivity contribution in [2.45, 2.75) is 19.3 Å². The molecule has 1 aliphatic rings. The number of nitrogens with zero attached hydrogens (tertiary/aromatic N) is 1. The molecule has 1 aliphatic heterocycles. The van der Waals surface area contributed by atoms with Gasteiger partial charge in [-0.05, 0) is 38.1 Å². The van der Waals surface area contributed by atoms with E-state index < -0.39 is 0 Å². The van der Waals surface area contributed by atoms with Crippen LogP contribution in [0.15, 0.2) is 28.9 Å². The normalized spacial score (nSPS) is 14.9. The first-order chi connectivity index (χ1) is 11.3. The second kappa shape index (κ2) is 8.80. The molecule has 2 aromatic rings. The molecule has 2 N–H and O–H groups in total. The van der Waals surface area contributed by atoms with Gasteiger partial charge in [0.05, 0.1) is 12.0 Å². The van der Waals surface area contributed by atoms with Crippen molar-refractivity contribution in [2.24, 2.45) is 0 Å². The van der Waals surface area contributed by atoms with Gasteiger partial charge in [0.15, 0.2) is 0 Å². The third-order valence-electron chi connectivity index (χ3n) is 4.14. The summed E-state index contributed by atoms with van der Waals surface area (Å²) in [5, 5.41) is 6.28. The number of benzene rings is 1. The quantitative estimate of drug-likeness (QED) is 0.804. The van der Waals surface area contributed by atoms with Gasteiger partial charge in [-0.25, -0.2) is 4.79 Å². The van der Waals surface area contributed by atoms with Crippen LogP contribution >= 0.6 is 0 Å². The number of piperidine rings is 1. The van der Waals surface area contributed by atoms with Gasteiger partial charge in [-0.3, -0.25) is 4.90 Å². The molecule has 1 saturated heterocycles. The summed E-state index contributed by atoms with van der Waals surface area (Å²) in [5.41, 5.74) is 1.40. The Balaban J connectivity index is 0.00000156. The summed E-state index contributed by atoms with van der Waals surface area (Å²) in [6.07, 6.45) is 5.49. The average molecular weight is 354 g/mol. The number of fused-ring (bicyclic) bond motifs is 1. The summed E-state index contributed by atoms with van der Waals surface area (Å²) in [7, 11) is 1.59. The van der Waals surface area contributed by atoms with Gasteiger partial charge in [-0.15, -0.1) is 0 Å². The molecule has 0 bridgehead atoms. The van der Waals surface area contributed by atoms with Crippen LogP contribution in [0.1, 0.15) is 20.7 Å². The number of carbonyl (C=O) groups excluding carboxylic acids is 1. The van der Waals surface area contributed by atoms with Crippen molar-refractivity contribution in [3.63, 3.8) is 0 Å². The van der Waals surface area contributed by atoms with Crippen molar-refractivity contribution in [3.05, 3.63) is 24.5 Å². The van der Waals surface area contributed by atoms with Crippen LogP contribution < -0.4 is 27.8 Å². The smallest absolute Gasteiger partial charge is 1.00 e. The minimum atomic E-state index is -0.270. The van der Waals surface area contributed by atoms with Crippen molar-refractivity contribution < 1.29 is 27.8 Å². The second-order valence-corrected chi connectivity index (χ2v) is 5.76. The zero-order valence-corrected chi connectivity index (χ0v) is 14.6. The number of urea groups is 1. The molecule has 0 atom stereocenters. The van der Waals surface area contributed by atoms with E-state index in [4.69, 9.17) is 9.15 Å². The van der Waals surface area contributed by atoms with E-state index >= 15 is 0 Å². The Morgan fingerprint density at radius 3 is 2.88 bits per heavy atom. The molecule has 1 fully saturated rings. The van der Waals surface area contributed by atoms with Crippen molar-refractivity contribution in [2.75, 3.05) is 38.6 Å². The van der Waals surface area contributed by atoms with Crippen molar-refractivity contribution in [1.82, 2.24) is 10.2 Å². The lowest BCUT2D eigenvalue weighted by Gasteiger charge is -2.26. The molecule has 7 heteroatoms. The van der Waals surface area contributed by atoms with Gasteiger partial charge in [0.1, 0.15) is 17.9 Å². The number of ether oxygens (including phenoxy) is 1. The first-order valence-corrected chi connectivity index (χ1v) is 8.11. The molecule has 0 saturated carbocycles. The Bertz CT molecular complexity index is 674. The SMILES string of the molecule is CNC(=O)Nc1cc2ccoc2cc1OCCN1CCCCC1.[Cl-].[H+]. The molecule has 1 aromatic carbocycles. The molecular formula is C17H24ClN3O3. The molecule has 24 heavy (non-hydrogen) atoms. The maximum atomic E-state index is 11.6. The summed E-state index contributed by atoms with van der Waals surface area (Å²) >= 11 is 0. The molecule has 132 valence electrons. The van der Waals surface area contributed by atoms with E-state index in [-0.39, 0.29) is 19.9 Å². The Morgan fingerprint density at radius 1 is 1.33 bits per heavy atom. The van der Waals surface area contributed by atoms with Crippen LogP contribution in [0.4, 0.5) is 10.5 Å². The van der Waals surface area contributed by atoms with Crippen LogP contribution in [0.2, 0.25) is 0 Å². The Morgan fingerprint density at radius 2 is 2.12 bits per heavy atom. The topological polar surface area (TPSA) is 66.7 Å². The number of hydrogen-bond acceptors (Lipinski definition) is 4. The summed E-state index contributed by atoms with van der Waals surface area (Å²) in [4.78, 5) is 14.0. The first kappa shape index (κ1) is 18.4. The Kier molecular flexibility index (Phi) is 6.75. The Hall–Kier alpha value is -1.92. The summed E-state index contributed by atoms with van der Waals surface area (Å²) in [6.45, 7) is 3.78. The fourth-order valence-corrected chi connectivity index (χ4v) is 2.86. The van der Waals surface area contributed by atoms with Crippen LogP contribution in [0.5, 0.6) is 5.75 Å². The zero-order valence-electron chi connectivity index (χ0n) is 14.8. The molecule has 6 nitrogen and oxygen atoms in total. The van der Waals surface area contributed by atoms with E-state index in [0.717, 1.165) is 30.6 Å². The molecule has 3 rings (SSSR count). The predicted octanol–water partition coefficient (Wildman–Crippen LogP) is 0.165. The number of nitrogens with one attached hydrogen (secondary N) is 2. The van der Waals surface area contributed by atoms with Gasteiger partial charge >= 0.3 is 7.46 Å². The highest BCUT2D eigenvalue weighted by Crippen LogP contribution is 2.31. The highest BCUT2D eigenvalue weighted by atomic mass is 35.5. The molecule has 0 unspecified atom stereocenters. The van der Waals surface area contributed by atoms with E-state index in [2.05, 4.69) is 15.5 Å². The molecule has 1 aromatic heterocycles. The number of carbonyl (C=O) groups is 1. The fraction of sp³-hybridized carbons (Fsp3) is 0.471. The number of anilines is 1. The van der Waals surface area contributed by atoms with Gasteiger partial charge in [-0.1, -0.05) is 6.42 Å². The number of amides is 2. The minimum Gasteiger partial charge on any atom is -1.00 e. The fourth-order valence-electron chi connectivity index (χ4n) is 2.86. The average Bonchev–Trinajstić information content (AvgIpc) is 3.03. The predicted molar refractivity (Wildman–Crippen MR) is 91.2 cm³/mol. The minimum absolute atomic E-state index is 0. The van der Waals surface area contributed by atoms with E-state index in [1.165, 1.54) is 19.3 Å². The maximum Gasteiger partial charge on any atom is 1.00 e. The Labute approximate surface area is 149 Å². The first-order valence-electron chi connectivity index (χ1n) is 8.11. The molecule has 0 aliphatic carbocycles. The molecule has 0 spiro atoms. The van der Waals surface area contributed by atoms with Crippen LogP contribution in [0.25, 0.3) is 11.0 Å². The third kappa shape index (κ3) is 4.55. The van der Waals surface area contributed by atoms with Crippen LogP contribution in [-0.4, -0.2) is 44.2 Å². The molecular weight excluding hydrogens is 330 g/mol. The van der Waals surface area contributed by atoms with Gasteiger partial charge in [0.2, 0.25) is 0 Å². The van der Waals surface area contributed by atoms with Crippen LogP contribution in [-0.2, 0) is 0 Å². The standard InChI is InChI=1S/C17H23N3O3.ClH/c1-18-17(21)19-14-11-13-5-9-22-15(13)12-16(14)23-10-8-20-6-3-2-4-7-20;/h5,9,11-12H,2-4,6-8,10H2,1H3,(H2,18,19,21);1H. The number of likely N-dealkylation sites (tertiary alicyclic amines) is 1. The zero-order chi connectivity index (χ0) is 16.1. The number of halogens is 1. The largest absolute Gasteiger partial charge is 1.00 e. The highest BCUT2D eigenvalue weighted by Gasteiger charge is 2.13. The van der Waals surface area contributed by atoms with E-state index in [1.807, 2.05) is 18.2 Å². The molecule has 2 amide bonds. The maximum absolute atomic E-state index is 11.6. The lowest BCUT2D eigenvalue weighted by atomic mass is 10.1. The van der Waals surface area contributed by atoms with E-state index in [0.29, 0.717) is 18.0 Å². The molecule has 0 radical (unpaired) electrons. The number of furan rings is 1. The number of hydrogen-bond donors (Lipinski definition) is 2. The number of rotatable bonds is 5. The molecule has 2 heterocycles. The van der Waals surface area contributed by atoms with Crippen LogP contribution in [0.3, 0.4) is 0 Å². The van der Waals surface area contributed by atoms with Gasteiger partial charge < -0.3 is 32.2 Å².